The fraction of sp³-hybridized carbons (Fsp3) is 0.333. The Hall–Kier alpha value is -3.12. The van der Waals surface area contributed by atoms with Crippen molar-refractivity contribution < 1.29 is 13.9 Å². The Balaban J connectivity index is 1.51. The average molecular weight is 405 g/mol. The van der Waals surface area contributed by atoms with Gasteiger partial charge in [-0.25, -0.2) is 4.98 Å². The summed E-state index contributed by atoms with van der Waals surface area (Å²) in [6.07, 6.45) is 0.676. The van der Waals surface area contributed by atoms with Crippen LogP contribution in [0.25, 0.3) is 11.5 Å². The summed E-state index contributed by atoms with van der Waals surface area (Å²) in [7, 11) is 0. The number of hydrogen-bond acceptors (Lipinski definition) is 5. The number of piperazine rings is 1. The molecule has 156 valence electrons. The van der Waals surface area contributed by atoms with E-state index in [4.69, 9.17) is 14.1 Å². The number of aryl methyl sites for hydroxylation is 1. The lowest BCUT2D eigenvalue weighted by Crippen LogP contribution is -2.55. The minimum absolute atomic E-state index is 0.0676. The Kier molecular flexibility index (Phi) is 6.14. The first-order valence-corrected chi connectivity index (χ1v) is 10.4. The highest BCUT2D eigenvalue weighted by Gasteiger charge is 2.31. The Bertz CT molecular complexity index is 983. The van der Waals surface area contributed by atoms with Crippen molar-refractivity contribution in [3.63, 3.8) is 0 Å². The van der Waals surface area contributed by atoms with Gasteiger partial charge < -0.3 is 14.5 Å². The van der Waals surface area contributed by atoms with Crippen LogP contribution in [-0.2, 0) is 17.8 Å². The maximum Gasteiger partial charge on any atom is 0.237 e. The fourth-order valence-electron chi connectivity index (χ4n) is 3.76. The second kappa shape index (κ2) is 9.13. The van der Waals surface area contributed by atoms with E-state index in [0.717, 1.165) is 34.9 Å². The van der Waals surface area contributed by atoms with Crippen molar-refractivity contribution in [1.82, 2.24) is 15.2 Å². The highest BCUT2D eigenvalue weighted by molar-refractivity contribution is 5.82. The Morgan fingerprint density at radius 3 is 2.67 bits per heavy atom. The molecule has 1 aromatic heterocycles. The molecule has 1 fully saturated rings. The number of amides is 1. The maximum absolute atomic E-state index is 12.6. The summed E-state index contributed by atoms with van der Waals surface area (Å²) >= 11 is 0. The Morgan fingerprint density at radius 1 is 1.17 bits per heavy atom. The molecule has 3 aromatic rings. The van der Waals surface area contributed by atoms with Crippen LogP contribution in [0.15, 0.2) is 59.0 Å². The third kappa shape index (κ3) is 4.54. The zero-order valence-electron chi connectivity index (χ0n) is 17.4. The molecule has 30 heavy (non-hydrogen) atoms. The first-order valence-electron chi connectivity index (χ1n) is 10.4. The van der Waals surface area contributed by atoms with E-state index in [1.165, 1.54) is 0 Å². The molecule has 2 heterocycles. The zero-order valence-corrected chi connectivity index (χ0v) is 17.4. The first-order chi connectivity index (χ1) is 14.6. The van der Waals surface area contributed by atoms with Crippen molar-refractivity contribution in [2.45, 2.75) is 32.9 Å². The molecule has 1 aliphatic heterocycles. The standard InChI is InChI=1S/C24H27N3O3/c1-3-29-20-11-9-19(10-12-20)24-26-21(17(2)30-24)16-27-14-13-25-23(28)22(27)15-18-7-5-4-6-8-18/h4-12,22H,3,13-16H2,1-2H3,(H,25,28). The van der Waals surface area contributed by atoms with Crippen LogP contribution >= 0.6 is 0 Å². The lowest BCUT2D eigenvalue weighted by molar-refractivity contribution is -0.129. The van der Waals surface area contributed by atoms with Crippen LogP contribution in [0.3, 0.4) is 0 Å². The maximum atomic E-state index is 12.6. The predicted molar refractivity (Wildman–Crippen MR) is 115 cm³/mol. The van der Waals surface area contributed by atoms with Crippen LogP contribution in [-0.4, -0.2) is 41.5 Å². The van der Waals surface area contributed by atoms with Gasteiger partial charge in [0.15, 0.2) is 0 Å². The first kappa shape index (κ1) is 20.2. The summed E-state index contributed by atoms with van der Waals surface area (Å²) in [4.78, 5) is 19.5. The van der Waals surface area contributed by atoms with E-state index in [-0.39, 0.29) is 11.9 Å². The van der Waals surface area contributed by atoms with Crippen molar-refractivity contribution >= 4 is 5.91 Å². The minimum atomic E-state index is -0.217. The van der Waals surface area contributed by atoms with Gasteiger partial charge in [0, 0.05) is 25.2 Å². The quantitative estimate of drug-likeness (QED) is 0.651. The summed E-state index contributed by atoms with van der Waals surface area (Å²) < 4.78 is 11.4. The molecule has 6 heteroatoms. The van der Waals surface area contributed by atoms with E-state index in [1.807, 2.05) is 56.3 Å². The molecule has 1 atom stereocenters. The van der Waals surface area contributed by atoms with E-state index in [1.54, 1.807) is 0 Å². The Morgan fingerprint density at radius 2 is 1.93 bits per heavy atom. The van der Waals surface area contributed by atoms with Crippen molar-refractivity contribution in [2.75, 3.05) is 19.7 Å². The van der Waals surface area contributed by atoms with Gasteiger partial charge in [-0.2, -0.15) is 0 Å². The van der Waals surface area contributed by atoms with Crippen molar-refractivity contribution in [1.29, 1.82) is 0 Å². The number of oxazole rings is 1. The third-order valence-electron chi connectivity index (χ3n) is 5.37. The van der Waals surface area contributed by atoms with Crippen molar-refractivity contribution in [3.8, 4) is 17.2 Å². The summed E-state index contributed by atoms with van der Waals surface area (Å²) in [5, 5.41) is 2.99. The number of aromatic nitrogens is 1. The van der Waals surface area contributed by atoms with Gasteiger partial charge in [-0.3, -0.25) is 9.69 Å². The average Bonchev–Trinajstić information content (AvgIpc) is 3.12. The molecule has 2 aromatic carbocycles. The second-order valence-corrected chi connectivity index (χ2v) is 7.45. The number of hydrogen-bond donors (Lipinski definition) is 1. The molecule has 1 unspecified atom stereocenters. The number of benzene rings is 2. The number of carbonyl (C=O) groups excluding carboxylic acids is 1. The smallest absolute Gasteiger partial charge is 0.237 e. The molecular weight excluding hydrogens is 378 g/mol. The summed E-state index contributed by atoms with van der Waals surface area (Å²) in [6.45, 7) is 6.54. The third-order valence-corrected chi connectivity index (χ3v) is 5.37. The molecular formula is C24H27N3O3. The molecule has 0 saturated carbocycles. The molecule has 6 nitrogen and oxygen atoms in total. The van der Waals surface area contributed by atoms with Crippen molar-refractivity contribution in [2.24, 2.45) is 0 Å². The lowest BCUT2D eigenvalue weighted by Gasteiger charge is -2.34. The largest absolute Gasteiger partial charge is 0.494 e. The van der Waals surface area contributed by atoms with Gasteiger partial charge in [-0.05, 0) is 50.1 Å². The molecule has 1 amide bonds. The highest BCUT2D eigenvalue weighted by Crippen LogP contribution is 2.25. The fourth-order valence-corrected chi connectivity index (χ4v) is 3.76. The van der Waals surface area contributed by atoms with Gasteiger partial charge in [-0.15, -0.1) is 0 Å². The SMILES string of the molecule is CCOc1ccc(-c2nc(CN3CCNC(=O)C3Cc3ccccc3)c(C)o2)cc1. The van der Waals surface area contributed by atoms with Gasteiger partial charge in [-0.1, -0.05) is 30.3 Å². The van der Waals surface area contributed by atoms with Crippen LogP contribution in [0.2, 0.25) is 0 Å². The highest BCUT2D eigenvalue weighted by atomic mass is 16.5. The summed E-state index contributed by atoms with van der Waals surface area (Å²) in [5.41, 5.74) is 2.92. The lowest BCUT2D eigenvalue weighted by atomic mass is 10.0. The molecule has 1 saturated heterocycles. The Labute approximate surface area is 176 Å². The van der Waals surface area contributed by atoms with E-state index in [2.05, 4.69) is 22.3 Å². The monoisotopic (exact) mass is 405 g/mol. The molecule has 0 aliphatic carbocycles. The number of ether oxygens (including phenoxy) is 1. The van der Waals surface area contributed by atoms with E-state index in [9.17, 15) is 4.79 Å². The summed E-state index contributed by atoms with van der Waals surface area (Å²) in [5.74, 6) is 2.26. The van der Waals surface area contributed by atoms with Crippen LogP contribution in [0.4, 0.5) is 0 Å². The van der Waals surface area contributed by atoms with E-state index >= 15 is 0 Å². The minimum Gasteiger partial charge on any atom is -0.494 e. The van der Waals surface area contributed by atoms with Gasteiger partial charge in [0.25, 0.3) is 0 Å². The van der Waals surface area contributed by atoms with Crippen LogP contribution < -0.4 is 10.1 Å². The number of rotatable bonds is 7. The van der Waals surface area contributed by atoms with Crippen LogP contribution in [0.1, 0.15) is 23.9 Å². The predicted octanol–water partition coefficient (Wildman–Crippen LogP) is 3.59. The molecule has 1 aliphatic rings. The van der Waals surface area contributed by atoms with E-state index in [0.29, 0.717) is 32.0 Å². The van der Waals surface area contributed by atoms with Gasteiger partial charge in [0.2, 0.25) is 11.8 Å². The molecule has 0 spiro atoms. The van der Waals surface area contributed by atoms with Gasteiger partial charge in [0.1, 0.15) is 11.5 Å². The number of carbonyl (C=O) groups is 1. The molecule has 0 bridgehead atoms. The number of nitrogens with one attached hydrogen (secondary N) is 1. The zero-order chi connectivity index (χ0) is 20.9. The van der Waals surface area contributed by atoms with E-state index < -0.39 is 0 Å². The number of nitrogens with zero attached hydrogens (tertiary/aromatic N) is 2. The van der Waals surface area contributed by atoms with Crippen LogP contribution in [0.5, 0.6) is 5.75 Å². The van der Waals surface area contributed by atoms with Crippen molar-refractivity contribution in [3.05, 3.63) is 71.6 Å². The molecule has 4 rings (SSSR count). The van der Waals surface area contributed by atoms with Gasteiger partial charge in [0.05, 0.1) is 18.3 Å². The van der Waals surface area contributed by atoms with Gasteiger partial charge >= 0.3 is 0 Å². The summed E-state index contributed by atoms with van der Waals surface area (Å²) in [6, 6.07) is 17.6. The van der Waals surface area contributed by atoms with Crippen LogP contribution in [0, 0.1) is 6.92 Å². The molecule has 1 N–H and O–H groups in total. The molecule has 0 radical (unpaired) electrons. The second-order valence-electron chi connectivity index (χ2n) is 7.45. The normalized spacial score (nSPS) is 17.0. The topological polar surface area (TPSA) is 67.6 Å².